The molecule has 2 N–H and O–H groups in total. The van der Waals surface area contributed by atoms with Gasteiger partial charge in [-0.15, -0.1) is 0 Å². The van der Waals surface area contributed by atoms with Crippen molar-refractivity contribution in [3.05, 3.63) is 29.8 Å². The Hall–Kier alpha value is -1.55. The minimum absolute atomic E-state index is 0.492. The highest BCUT2D eigenvalue weighted by Gasteiger charge is 2.04. The van der Waals surface area contributed by atoms with E-state index in [-0.39, 0.29) is 0 Å². The molecule has 0 unspecified atom stereocenters. The first-order valence-corrected chi connectivity index (χ1v) is 4.27. The van der Waals surface area contributed by atoms with Crippen molar-refractivity contribution in [3.8, 4) is 0 Å². The van der Waals surface area contributed by atoms with Crippen LogP contribution in [0.3, 0.4) is 0 Å². The average molecular weight is 213 g/mol. The monoisotopic (exact) mass is 212 g/mol. The molecule has 0 amide bonds. The summed E-state index contributed by atoms with van der Waals surface area (Å²) in [6.45, 7) is 1.88. The van der Waals surface area contributed by atoms with Crippen molar-refractivity contribution in [1.29, 1.82) is 0 Å². The van der Waals surface area contributed by atoms with Crippen molar-refractivity contribution in [2.45, 2.75) is 6.92 Å². The minimum atomic E-state index is -1.26. The summed E-state index contributed by atoms with van der Waals surface area (Å²) in [4.78, 5) is 10.3. The van der Waals surface area contributed by atoms with Crippen LogP contribution in [0.2, 0.25) is 0 Å². The van der Waals surface area contributed by atoms with Crippen molar-refractivity contribution in [2.24, 2.45) is 5.10 Å². The molecule has 0 fully saturated rings. The van der Waals surface area contributed by atoms with Gasteiger partial charge in [0.05, 0.1) is 5.69 Å². The van der Waals surface area contributed by atoms with Crippen molar-refractivity contribution < 1.29 is 9.90 Å². The minimum Gasteiger partial charge on any atom is -0.476 e. The zero-order valence-electron chi connectivity index (χ0n) is 7.49. The van der Waals surface area contributed by atoms with E-state index in [2.05, 4.69) is 10.5 Å². The van der Waals surface area contributed by atoms with Crippen molar-refractivity contribution in [2.75, 3.05) is 5.43 Å². The van der Waals surface area contributed by atoms with Gasteiger partial charge in [0.25, 0.3) is 0 Å². The van der Waals surface area contributed by atoms with Crippen molar-refractivity contribution in [3.63, 3.8) is 0 Å². The maximum Gasteiger partial charge on any atom is 0.368 e. The third-order valence-electron chi connectivity index (χ3n) is 1.60. The summed E-state index contributed by atoms with van der Waals surface area (Å²) in [7, 11) is 0. The number of anilines is 1. The summed E-state index contributed by atoms with van der Waals surface area (Å²) >= 11 is 5.31. The lowest BCUT2D eigenvalue weighted by Gasteiger charge is -2.03. The summed E-state index contributed by atoms with van der Waals surface area (Å²) in [6, 6.07) is 7.36. The number of halogens is 1. The fourth-order valence-electron chi connectivity index (χ4n) is 0.855. The zero-order chi connectivity index (χ0) is 10.6. The molecule has 0 saturated carbocycles. The number of hydrogen-bond donors (Lipinski definition) is 2. The van der Waals surface area contributed by atoms with Crippen LogP contribution in [0.15, 0.2) is 29.4 Å². The Balaban J connectivity index is 2.76. The van der Waals surface area contributed by atoms with E-state index in [1.807, 2.05) is 25.1 Å². The first kappa shape index (κ1) is 10.5. The summed E-state index contributed by atoms with van der Waals surface area (Å²) in [6.07, 6.45) is 0. The van der Waals surface area contributed by atoms with Crippen LogP contribution in [0.1, 0.15) is 5.56 Å². The van der Waals surface area contributed by atoms with Crippen LogP contribution in [-0.4, -0.2) is 16.2 Å². The smallest absolute Gasteiger partial charge is 0.368 e. The third-order valence-corrected chi connectivity index (χ3v) is 1.84. The number of hydrogen-bond acceptors (Lipinski definition) is 3. The van der Waals surface area contributed by atoms with E-state index in [0.717, 1.165) is 11.3 Å². The largest absolute Gasteiger partial charge is 0.476 e. The fraction of sp³-hybridized carbons (Fsp3) is 0.111. The summed E-state index contributed by atoms with van der Waals surface area (Å²) in [5.41, 5.74) is 4.26. The molecule has 1 rings (SSSR count). The van der Waals surface area contributed by atoms with Gasteiger partial charge in [0.1, 0.15) is 0 Å². The summed E-state index contributed by atoms with van der Waals surface area (Å²) < 4.78 is 0. The number of carboxylic acid groups (broad SMARTS) is 1. The van der Waals surface area contributed by atoms with E-state index < -0.39 is 11.1 Å². The molecule has 0 heterocycles. The number of benzene rings is 1. The molecule has 0 bridgehead atoms. The van der Waals surface area contributed by atoms with Gasteiger partial charge in [0.15, 0.2) is 0 Å². The number of para-hydroxylation sites is 1. The van der Waals surface area contributed by atoms with E-state index in [0.29, 0.717) is 0 Å². The molecular formula is C9H9ClN2O2. The van der Waals surface area contributed by atoms with Crippen molar-refractivity contribution in [1.82, 2.24) is 0 Å². The maximum absolute atomic E-state index is 10.3. The molecule has 1 aromatic rings. The van der Waals surface area contributed by atoms with Gasteiger partial charge in [-0.3, -0.25) is 5.43 Å². The Morgan fingerprint density at radius 1 is 1.50 bits per heavy atom. The van der Waals surface area contributed by atoms with Crippen LogP contribution in [0.5, 0.6) is 0 Å². The molecule has 0 radical (unpaired) electrons. The lowest BCUT2D eigenvalue weighted by molar-refractivity contribution is -0.129. The fourth-order valence-corrected chi connectivity index (χ4v) is 0.898. The first-order chi connectivity index (χ1) is 6.61. The second kappa shape index (κ2) is 4.62. The topological polar surface area (TPSA) is 61.7 Å². The van der Waals surface area contributed by atoms with E-state index in [4.69, 9.17) is 16.7 Å². The number of carboxylic acids is 1. The highest BCUT2D eigenvalue weighted by atomic mass is 35.5. The Labute approximate surface area is 86.2 Å². The molecule has 0 aromatic heterocycles. The number of carbonyl (C=O) groups is 1. The van der Waals surface area contributed by atoms with Crippen LogP contribution in [-0.2, 0) is 4.79 Å². The molecule has 0 saturated heterocycles. The predicted octanol–water partition coefficient (Wildman–Crippen LogP) is 2.04. The number of rotatable bonds is 3. The first-order valence-electron chi connectivity index (χ1n) is 3.89. The molecule has 74 valence electrons. The molecule has 0 atom stereocenters. The van der Waals surface area contributed by atoms with Gasteiger partial charge in [-0.25, -0.2) is 4.79 Å². The Bertz CT molecular complexity index is 377. The van der Waals surface area contributed by atoms with Gasteiger partial charge in [0.2, 0.25) is 5.17 Å². The highest BCUT2D eigenvalue weighted by molar-refractivity contribution is 6.81. The molecular weight excluding hydrogens is 204 g/mol. The Morgan fingerprint density at radius 3 is 2.71 bits per heavy atom. The van der Waals surface area contributed by atoms with E-state index in [1.54, 1.807) is 6.07 Å². The number of nitrogens with one attached hydrogen (secondary N) is 1. The van der Waals surface area contributed by atoms with Gasteiger partial charge in [-0.2, -0.15) is 5.10 Å². The molecule has 5 heteroatoms. The molecule has 0 aliphatic rings. The second-order valence-electron chi connectivity index (χ2n) is 2.63. The third kappa shape index (κ3) is 2.74. The van der Waals surface area contributed by atoms with Crippen LogP contribution in [0.4, 0.5) is 5.69 Å². The van der Waals surface area contributed by atoms with Crippen LogP contribution < -0.4 is 5.43 Å². The van der Waals surface area contributed by atoms with Crippen LogP contribution in [0, 0.1) is 6.92 Å². The van der Waals surface area contributed by atoms with Gasteiger partial charge >= 0.3 is 5.97 Å². The van der Waals surface area contributed by atoms with Gasteiger partial charge in [-0.1, -0.05) is 29.8 Å². The zero-order valence-corrected chi connectivity index (χ0v) is 8.25. The molecule has 0 aliphatic heterocycles. The van der Waals surface area contributed by atoms with Gasteiger partial charge in [0, 0.05) is 0 Å². The number of aryl methyl sites for hydroxylation is 1. The standard InChI is InChI=1S/C9H9ClN2O2/c1-6-4-2-3-5-7(6)11-12-8(10)9(13)14/h2-5,11H,1H3,(H,13,14)/b12-8+. The van der Waals surface area contributed by atoms with E-state index in [9.17, 15) is 4.79 Å². The summed E-state index contributed by atoms with van der Waals surface area (Å²) in [5, 5.41) is 11.4. The molecule has 0 spiro atoms. The number of hydrazone groups is 1. The SMILES string of the molecule is Cc1ccccc1N/N=C(/Cl)C(=O)O. The normalized spacial score (nSPS) is 11.1. The van der Waals surface area contributed by atoms with Crippen molar-refractivity contribution >= 4 is 28.4 Å². The van der Waals surface area contributed by atoms with E-state index >= 15 is 0 Å². The van der Waals surface area contributed by atoms with Crippen LogP contribution in [0.25, 0.3) is 0 Å². The van der Waals surface area contributed by atoms with Crippen LogP contribution >= 0.6 is 11.6 Å². The highest BCUT2D eigenvalue weighted by Crippen LogP contribution is 2.12. The predicted molar refractivity (Wildman–Crippen MR) is 55.7 cm³/mol. The second-order valence-corrected chi connectivity index (χ2v) is 2.99. The van der Waals surface area contributed by atoms with E-state index in [1.165, 1.54) is 0 Å². The summed E-state index contributed by atoms with van der Waals surface area (Å²) in [5.74, 6) is -1.26. The average Bonchev–Trinajstić information content (AvgIpc) is 2.16. The Kier molecular flexibility index (Phi) is 3.48. The van der Waals surface area contributed by atoms with Gasteiger partial charge < -0.3 is 5.11 Å². The number of nitrogens with zero attached hydrogens (tertiary/aromatic N) is 1. The quantitative estimate of drug-likeness (QED) is 0.596. The van der Waals surface area contributed by atoms with Gasteiger partial charge in [-0.05, 0) is 18.6 Å². The Morgan fingerprint density at radius 2 is 2.14 bits per heavy atom. The lowest BCUT2D eigenvalue weighted by Crippen LogP contribution is -2.07. The maximum atomic E-state index is 10.3. The molecule has 14 heavy (non-hydrogen) atoms. The molecule has 1 aromatic carbocycles. The molecule has 0 aliphatic carbocycles. The number of aliphatic carboxylic acids is 1. The molecule has 4 nitrogen and oxygen atoms in total. The lowest BCUT2D eigenvalue weighted by atomic mass is 10.2.